The lowest BCUT2D eigenvalue weighted by atomic mass is 9.92. The maximum absolute atomic E-state index is 12.9. The van der Waals surface area contributed by atoms with E-state index in [9.17, 15) is 14.4 Å². The van der Waals surface area contributed by atoms with Gasteiger partial charge in [-0.05, 0) is 65.2 Å². The second-order valence-electron chi connectivity index (χ2n) is 6.49. The monoisotopic (exact) mass is 493 g/mol. The minimum absolute atomic E-state index is 0.366. The molecule has 3 rings (SSSR count). The van der Waals surface area contributed by atoms with E-state index in [1.165, 1.54) is 0 Å². The molecule has 2 aromatic carbocycles. The summed E-state index contributed by atoms with van der Waals surface area (Å²) in [4.78, 5) is 38.6. The number of benzene rings is 2. The maximum atomic E-state index is 12.9. The molecule has 4 amide bonds. The van der Waals surface area contributed by atoms with E-state index in [4.69, 9.17) is 0 Å². The number of nitrogens with one attached hydrogen (secondary N) is 2. The van der Waals surface area contributed by atoms with Gasteiger partial charge in [0.25, 0.3) is 5.91 Å². The predicted molar refractivity (Wildman–Crippen MR) is 109 cm³/mol. The number of amides is 4. The van der Waals surface area contributed by atoms with Crippen LogP contribution in [0.3, 0.4) is 0 Å². The maximum Gasteiger partial charge on any atom is 0.325 e. The molecule has 8 heteroatoms. The standard InChI is InChI=1S/C19H17Br2N3O3/c1-11-6-7-15(14(21)8-11)22-16(25)10-24-17(26)19(2,23-18(24)27)12-4-3-5-13(20)9-12/h3-9H,10H2,1-2H3,(H,22,25)(H,23,27). The van der Waals surface area contributed by atoms with Crippen LogP contribution < -0.4 is 10.6 Å². The van der Waals surface area contributed by atoms with Crippen LogP contribution in [0.1, 0.15) is 18.1 Å². The zero-order valence-corrected chi connectivity index (χ0v) is 17.8. The summed E-state index contributed by atoms with van der Waals surface area (Å²) in [6.07, 6.45) is 0. The first-order valence-electron chi connectivity index (χ1n) is 8.17. The lowest BCUT2D eigenvalue weighted by Crippen LogP contribution is -2.42. The minimum Gasteiger partial charge on any atom is -0.323 e. The van der Waals surface area contributed by atoms with Crippen LogP contribution in [0, 0.1) is 6.92 Å². The van der Waals surface area contributed by atoms with Gasteiger partial charge < -0.3 is 10.6 Å². The van der Waals surface area contributed by atoms with Gasteiger partial charge in [0.15, 0.2) is 0 Å². The molecule has 2 aromatic rings. The largest absolute Gasteiger partial charge is 0.325 e. The second kappa shape index (κ2) is 7.44. The fourth-order valence-corrected chi connectivity index (χ4v) is 3.88. The van der Waals surface area contributed by atoms with Crippen molar-refractivity contribution >= 4 is 55.4 Å². The number of anilines is 1. The molecule has 0 spiro atoms. The van der Waals surface area contributed by atoms with Gasteiger partial charge in [0.2, 0.25) is 5.91 Å². The SMILES string of the molecule is Cc1ccc(NC(=O)CN2C(=O)NC(C)(c3cccc(Br)c3)C2=O)c(Br)c1. The number of aryl methyl sites for hydroxylation is 1. The van der Waals surface area contributed by atoms with Crippen molar-refractivity contribution < 1.29 is 14.4 Å². The van der Waals surface area contributed by atoms with Crippen molar-refractivity contribution in [2.24, 2.45) is 0 Å². The van der Waals surface area contributed by atoms with E-state index in [0.29, 0.717) is 11.3 Å². The van der Waals surface area contributed by atoms with Gasteiger partial charge in [0, 0.05) is 8.95 Å². The molecular formula is C19H17Br2N3O3. The highest BCUT2D eigenvalue weighted by Gasteiger charge is 2.49. The van der Waals surface area contributed by atoms with Gasteiger partial charge in [-0.1, -0.05) is 34.1 Å². The molecule has 0 aromatic heterocycles. The molecule has 140 valence electrons. The number of halogens is 2. The van der Waals surface area contributed by atoms with Crippen LogP contribution in [0.25, 0.3) is 0 Å². The van der Waals surface area contributed by atoms with Crippen LogP contribution in [-0.4, -0.2) is 29.3 Å². The average molecular weight is 495 g/mol. The summed E-state index contributed by atoms with van der Waals surface area (Å²) in [5.74, 6) is -0.926. The zero-order valence-electron chi connectivity index (χ0n) is 14.7. The number of carbonyl (C=O) groups excluding carboxylic acids is 3. The van der Waals surface area contributed by atoms with Gasteiger partial charge in [0.1, 0.15) is 12.1 Å². The number of nitrogens with zero attached hydrogens (tertiary/aromatic N) is 1. The van der Waals surface area contributed by atoms with E-state index in [-0.39, 0.29) is 6.54 Å². The van der Waals surface area contributed by atoms with Crippen LogP contribution in [0.2, 0.25) is 0 Å². The highest BCUT2D eigenvalue weighted by molar-refractivity contribution is 9.10. The molecule has 27 heavy (non-hydrogen) atoms. The topological polar surface area (TPSA) is 78.5 Å². The molecule has 6 nitrogen and oxygen atoms in total. The molecule has 1 unspecified atom stereocenters. The van der Waals surface area contributed by atoms with E-state index in [1.807, 2.05) is 25.1 Å². The molecule has 0 aliphatic carbocycles. The molecule has 0 saturated carbocycles. The van der Waals surface area contributed by atoms with E-state index in [1.54, 1.807) is 31.2 Å². The third-order valence-electron chi connectivity index (χ3n) is 4.38. The molecule has 0 radical (unpaired) electrons. The van der Waals surface area contributed by atoms with Crippen LogP contribution >= 0.6 is 31.9 Å². The highest BCUT2D eigenvalue weighted by Crippen LogP contribution is 2.30. The highest BCUT2D eigenvalue weighted by atomic mass is 79.9. The molecule has 0 bridgehead atoms. The summed E-state index contributed by atoms with van der Waals surface area (Å²) in [6.45, 7) is 3.20. The van der Waals surface area contributed by atoms with Crippen LogP contribution in [-0.2, 0) is 15.1 Å². The Hall–Kier alpha value is -2.19. The average Bonchev–Trinajstić information content (AvgIpc) is 2.82. The minimum atomic E-state index is -1.22. The Kier molecular flexibility index (Phi) is 5.39. The van der Waals surface area contributed by atoms with Gasteiger partial charge in [-0.15, -0.1) is 0 Å². The van der Waals surface area contributed by atoms with Crippen molar-refractivity contribution in [1.29, 1.82) is 0 Å². The van der Waals surface area contributed by atoms with Gasteiger partial charge in [0.05, 0.1) is 5.69 Å². The zero-order chi connectivity index (χ0) is 19.8. The number of carbonyl (C=O) groups is 3. The van der Waals surface area contributed by atoms with E-state index >= 15 is 0 Å². The Morgan fingerprint density at radius 3 is 2.59 bits per heavy atom. The first kappa shape index (κ1) is 19.6. The van der Waals surface area contributed by atoms with E-state index < -0.39 is 23.4 Å². The van der Waals surface area contributed by atoms with E-state index in [2.05, 4.69) is 42.5 Å². The number of imide groups is 1. The third kappa shape index (κ3) is 3.91. The van der Waals surface area contributed by atoms with Crippen LogP contribution in [0.15, 0.2) is 51.4 Å². The van der Waals surface area contributed by atoms with Crippen molar-refractivity contribution in [2.45, 2.75) is 19.4 Å². The molecule has 1 aliphatic rings. The fourth-order valence-electron chi connectivity index (χ4n) is 2.89. The number of hydrogen-bond acceptors (Lipinski definition) is 3. The van der Waals surface area contributed by atoms with Crippen molar-refractivity contribution in [1.82, 2.24) is 10.2 Å². The molecular weight excluding hydrogens is 478 g/mol. The van der Waals surface area contributed by atoms with Crippen molar-refractivity contribution in [2.75, 3.05) is 11.9 Å². The fraction of sp³-hybridized carbons (Fsp3) is 0.211. The number of urea groups is 1. The van der Waals surface area contributed by atoms with Crippen LogP contribution in [0.5, 0.6) is 0 Å². The van der Waals surface area contributed by atoms with Gasteiger partial charge in [-0.3, -0.25) is 14.5 Å². The Bertz CT molecular complexity index is 948. The van der Waals surface area contributed by atoms with Crippen molar-refractivity contribution in [3.8, 4) is 0 Å². The normalized spacial score (nSPS) is 19.2. The van der Waals surface area contributed by atoms with Gasteiger partial charge in [-0.25, -0.2) is 4.79 Å². The summed E-state index contributed by atoms with van der Waals surface area (Å²) >= 11 is 6.76. The molecule has 2 N–H and O–H groups in total. The third-order valence-corrected chi connectivity index (χ3v) is 5.53. The predicted octanol–water partition coefficient (Wildman–Crippen LogP) is 3.93. The molecule has 1 atom stereocenters. The Balaban J connectivity index is 1.76. The summed E-state index contributed by atoms with van der Waals surface area (Å²) in [5, 5.41) is 5.40. The van der Waals surface area contributed by atoms with Crippen LogP contribution in [0.4, 0.5) is 10.5 Å². The Morgan fingerprint density at radius 2 is 1.93 bits per heavy atom. The summed E-state index contributed by atoms with van der Waals surface area (Å²) in [5.41, 5.74) is 1.04. The van der Waals surface area contributed by atoms with Crippen molar-refractivity contribution in [3.63, 3.8) is 0 Å². The molecule has 1 heterocycles. The van der Waals surface area contributed by atoms with Gasteiger partial charge in [-0.2, -0.15) is 0 Å². The summed E-state index contributed by atoms with van der Waals surface area (Å²) in [7, 11) is 0. The van der Waals surface area contributed by atoms with Gasteiger partial charge >= 0.3 is 6.03 Å². The van der Waals surface area contributed by atoms with E-state index in [0.717, 1.165) is 19.4 Å². The van der Waals surface area contributed by atoms with Crippen molar-refractivity contribution in [3.05, 3.63) is 62.5 Å². The molecule has 1 fully saturated rings. The summed E-state index contributed by atoms with van der Waals surface area (Å²) < 4.78 is 1.52. The first-order valence-corrected chi connectivity index (χ1v) is 9.75. The summed E-state index contributed by atoms with van der Waals surface area (Å²) in [6, 6.07) is 12.0. The lowest BCUT2D eigenvalue weighted by molar-refractivity contribution is -0.133. The Labute approximate surface area is 173 Å². The molecule has 1 aliphatic heterocycles. The molecule has 1 saturated heterocycles. The Morgan fingerprint density at radius 1 is 1.19 bits per heavy atom. The smallest absolute Gasteiger partial charge is 0.323 e. The first-order chi connectivity index (χ1) is 12.7. The number of hydrogen-bond donors (Lipinski definition) is 2. The lowest BCUT2D eigenvalue weighted by Gasteiger charge is -2.22. The number of rotatable bonds is 4. The second-order valence-corrected chi connectivity index (χ2v) is 8.26. The quantitative estimate of drug-likeness (QED) is 0.632.